The van der Waals surface area contributed by atoms with E-state index in [4.69, 9.17) is 0 Å². The Labute approximate surface area is 80.2 Å². The molecule has 74 valence electrons. The Bertz CT molecular complexity index is 226. The summed E-state index contributed by atoms with van der Waals surface area (Å²) in [5, 5.41) is 11.3. The van der Waals surface area contributed by atoms with Crippen molar-refractivity contribution in [2.75, 3.05) is 0 Å². The second-order valence-electron chi connectivity index (χ2n) is 3.75. The Morgan fingerprint density at radius 1 is 1.15 bits per heavy atom. The Balaban J connectivity index is 0.00000144. The van der Waals surface area contributed by atoms with E-state index in [9.17, 15) is 5.11 Å². The number of hydrogen-bond donors (Lipinski definition) is 1. The van der Waals surface area contributed by atoms with Crippen LogP contribution in [0.1, 0.15) is 25.8 Å². The fourth-order valence-electron chi connectivity index (χ4n) is 1.09. The highest BCUT2D eigenvalue weighted by Gasteiger charge is 2.01. The molecule has 1 aromatic rings. The smallest absolute Gasteiger partial charge is 0.0287 e. The summed E-state index contributed by atoms with van der Waals surface area (Å²) in [5.74, 6) is 0. The predicted molar refractivity (Wildman–Crippen MR) is 54.8 cm³/mol. The first-order chi connectivity index (χ1) is 5.58. The molecular formula is C11H19NO. The van der Waals surface area contributed by atoms with Gasteiger partial charge in [-0.2, -0.15) is 0 Å². The first-order valence-corrected chi connectivity index (χ1v) is 4.32. The topological polar surface area (TPSA) is 59.6 Å². The van der Waals surface area contributed by atoms with E-state index in [0.29, 0.717) is 6.42 Å². The van der Waals surface area contributed by atoms with Gasteiger partial charge < -0.3 is 11.3 Å². The molecule has 0 unspecified atom stereocenters. The third kappa shape index (κ3) is 5.39. The molecule has 0 saturated heterocycles. The van der Waals surface area contributed by atoms with E-state index >= 15 is 0 Å². The van der Waals surface area contributed by atoms with Gasteiger partial charge in [0.05, 0.1) is 0 Å². The van der Waals surface area contributed by atoms with Crippen LogP contribution in [0.3, 0.4) is 0 Å². The molecule has 0 radical (unpaired) electrons. The van der Waals surface area contributed by atoms with E-state index in [1.165, 1.54) is 5.56 Å². The highest BCUT2D eigenvalue weighted by atomic mass is 16.3. The maximum absolute atomic E-state index is 11.3. The Morgan fingerprint density at radius 3 is 2.15 bits per heavy atom. The molecular weight excluding hydrogens is 162 g/mol. The Morgan fingerprint density at radius 2 is 1.69 bits per heavy atom. The monoisotopic (exact) mass is 181 g/mol. The summed E-state index contributed by atoms with van der Waals surface area (Å²) in [6.45, 7) is 3.46. The van der Waals surface area contributed by atoms with E-state index in [2.05, 4.69) is 12.1 Å². The molecule has 0 aliphatic rings. The second kappa shape index (κ2) is 5.00. The summed E-state index contributed by atoms with van der Waals surface area (Å²) in [5.41, 5.74) is 0.456. The normalized spacial score (nSPS) is 10.7. The van der Waals surface area contributed by atoms with Crippen molar-refractivity contribution in [2.24, 2.45) is 0 Å². The zero-order valence-corrected chi connectivity index (χ0v) is 8.71. The van der Waals surface area contributed by atoms with Gasteiger partial charge in [-0.3, -0.25) is 0 Å². The van der Waals surface area contributed by atoms with Crippen molar-refractivity contribution in [3.63, 3.8) is 0 Å². The first-order valence-electron chi connectivity index (χ1n) is 4.32. The molecule has 0 spiro atoms. The average molecular weight is 181 g/mol. The van der Waals surface area contributed by atoms with Crippen LogP contribution in [0.4, 0.5) is 0 Å². The minimum Gasteiger partial charge on any atom is -0.850 e. The highest BCUT2D eigenvalue weighted by Crippen LogP contribution is 2.09. The number of hydrogen-bond acceptors (Lipinski definition) is 1. The van der Waals surface area contributed by atoms with E-state index < -0.39 is 5.60 Å². The summed E-state index contributed by atoms with van der Waals surface area (Å²) >= 11 is 0. The van der Waals surface area contributed by atoms with E-state index in [1.807, 2.05) is 18.2 Å². The Hall–Kier alpha value is -0.860. The van der Waals surface area contributed by atoms with Gasteiger partial charge in [0.15, 0.2) is 0 Å². The summed E-state index contributed by atoms with van der Waals surface area (Å²) in [6, 6.07) is 10.1. The van der Waals surface area contributed by atoms with Gasteiger partial charge in [-0.15, -0.1) is 5.60 Å². The molecule has 0 atom stereocenters. The first kappa shape index (κ1) is 12.1. The average Bonchev–Trinajstić information content (AvgIpc) is 2.02. The molecule has 0 saturated carbocycles. The van der Waals surface area contributed by atoms with Crippen molar-refractivity contribution in [3.05, 3.63) is 35.9 Å². The van der Waals surface area contributed by atoms with Gasteiger partial charge in [0.25, 0.3) is 0 Å². The molecule has 0 aliphatic carbocycles. The number of quaternary nitrogens is 1. The molecule has 0 bridgehead atoms. The van der Waals surface area contributed by atoms with Crippen molar-refractivity contribution in [1.29, 1.82) is 0 Å². The van der Waals surface area contributed by atoms with Crippen molar-refractivity contribution >= 4 is 0 Å². The van der Waals surface area contributed by atoms with Crippen LogP contribution in [0.5, 0.6) is 0 Å². The molecule has 1 rings (SSSR count). The van der Waals surface area contributed by atoms with Gasteiger partial charge in [-0.25, -0.2) is 0 Å². The van der Waals surface area contributed by atoms with Crippen LogP contribution in [0.15, 0.2) is 30.3 Å². The minimum absolute atomic E-state index is 0. The number of aryl methyl sites for hydroxylation is 1. The van der Waals surface area contributed by atoms with Crippen molar-refractivity contribution in [2.45, 2.75) is 32.3 Å². The zero-order valence-electron chi connectivity index (χ0n) is 8.71. The molecule has 0 aromatic heterocycles. The molecule has 0 fully saturated rings. The van der Waals surface area contributed by atoms with Gasteiger partial charge in [-0.1, -0.05) is 50.6 Å². The zero-order chi connectivity index (χ0) is 9.03. The highest BCUT2D eigenvalue weighted by molar-refractivity contribution is 5.14. The standard InChI is InChI=1S/C11H15O.H3N/c1-11(2,12)9-8-10-6-4-3-5-7-10;/h3-7H,8-9H2,1-2H3;1H3/q-1;/p+1. The third-order valence-electron chi connectivity index (χ3n) is 1.86. The SMILES string of the molecule is CC(C)([O-])CCc1ccccc1.[NH4+]. The van der Waals surface area contributed by atoms with Crippen molar-refractivity contribution in [3.8, 4) is 0 Å². The fourth-order valence-corrected chi connectivity index (χ4v) is 1.09. The summed E-state index contributed by atoms with van der Waals surface area (Å²) in [6.07, 6.45) is 1.59. The van der Waals surface area contributed by atoms with Crippen LogP contribution >= 0.6 is 0 Å². The molecule has 0 amide bonds. The van der Waals surface area contributed by atoms with E-state index in [-0.39, 0.29) is 6.15 Å². The lowest BCUT2D eigenvalue weighted by Gasteiger charge is -2.31. The van der Waals surface area contributed by atoms with Crippen LogP contribution in [0.2, 0.25) is 0 Å². The van der Waals surface area contributed by atoms with Crippen LogP contribution in [-0.4, -0.2) is 5.60 Å². The maximum atomic E-state index is 11.3. The summed E-state index contributed by atoms with van der Waals surface area (Å²) < 4.78 is 0. The van der Waals surface area contributed by atoms with Crippen LogP contribution in [-0.2, 0) is 6.42 Å². The van der Waals surface area contributed by atoms with Gasteiger partial charge in [0.1, 0.15) is 0 Å². The minimum atomic E-state index is -0.796. The molecule has 2 nitrogen and oxygen atoms in total. The Kier molecular flexibility index (Phi) is 4.67. The van der Waals surface area contributed by atoms with Crippen LogP contribution < -0.4 is 11.3 Å². The summed E-state index contributed by atoms with van der Waals surface area (Å²) in [4.78, 5) is 0. The fraction of sp³-hybridized carbons (Fsp3) is 0.455. The van der Waals surface area contributed by atoms with Crippen molar-refractivity contribution in [1.82, 2.24) is 6.15 Å². The van der Waals surface area contributed by atoms with Crippen LogP contribution in [0, 0.1) is 0 Å². The molecule has 13 heavy (non-hydrogen) atoms. The molecule has 2 heteroatoms. The van der Waals surface area contributed by atoms with E-state index in [0.717, 1.165) is 6.42 Å². The number of rotatable bonds is 3. The lowest BCUT2D eigenvalue weighted by atomic mass is 9.99. The molecule has 0 heterocycles. The molecule has 1 aromatic carbocycles. The lowest BCUT2D eigenvalue weighted by molar-refractivity contribution is -0.466. The van der Waals surface area contributed by atoms with Gasteiger partial charge >= 0.3 is 0 Å². The largest absolute Gasteiger partial charge is 0.850 e. The molecule has 4 N–H and O–H groups in total. The number of benzene rings is 1. The van der Waals surface area contributed by atoms with Gasteiger partial charge in [0, 0.05) is 0 Å². The van der Waals surface area contributed by atoms with Crippen LogP contribution in [0.25, 0.3) is 0 Å². The lowest BCUT2D eigenvalue weighted by Crippen LogP contribution is -2.36. The maximum Gasteiger partial charge on any atom is -0.0287 e. The van der Waals surface area contributed by atoms with Crippen molar-refractivity contribution < 1.29 is 5.11 Å². The summed E-state index contributed by atoms with van der Waals surface area (Å²) in [7, 11) is 0. The van der Waals surface area contributed by atoms with Gasteiger partial charge in [0.2, 0.25) is 0 Å². The van der Waals surface area contributed by atoms with Gasteiger partial charge in [-0.05, 0) is 12.0 Å². The molecule has 0 aliphatic heterocycles. The van der Waals surface area contributed by atoms with E-state index in [1.54, 1.807) is 13.8 Å². The quantitative estimate of drug-likeness (QED) is 0.763. The third-order valence-corrected chi connectivity index (χ3v) is 1.86. The second-order valence-corrected chi connectivity index (χ2v) is 3.75. The predicted octanol–water partition coefficient (Wildman–Crippen LogP) is 2.13.